The number of likely N-dealkylation sites (tertiary alicyclic amines) is 1. The summed E-state index contributed by atoms with van der Waals surface area (Å²) in [6.45, 7) is 6.80. The van der Waals surface area contributed by atoms with Gasteiger partial charge >= 0.3 is 0 Å². The van der Waals surface area contributed by atoms with E-state index in [-0.39, 0.29) is 29.7 Å². The van der Waals surface area contributed by atoms with Crippen LogP contribution in [0.2, 0.25) is 0 Å². The maximum absolute atomic E-state index is 13.3. The summed E-state index contributed by atoms with van der Waals surface area (Å²) < 4.78 is 13.3. The predicted molar refractivity (Wildman–Crippen MR) is 132 cm³/mol. The molecule has 0 bridgehead atoms. The molecule has 4 rings (SSSR count). The molecule has 2 amide bonds. The number of carbonyl (C=O) groups is 2. The zero-order valence-electron chi connectivity index (χ0n) is 20.4. The average molecular weight is 474 g/mol. The Hall–Kier alpha value is -2.03. The monoisotopic (exact) mass is 473 g/mol. The Labute approximate surface area is 203 Å². The third kappa shape index (κ3) is 6.99. The SMILES string of the molecule is O=C(CN1CCN(CC(=O)Nc2cccc(F)c2)CC1)NCC1(N2CCCCC2)CCCCC1. The van der Waals surface area contributed by atoms with Crippen LogP contribution in [0.1, 0.15) is 51.4 Å². The van der Waals surface area contributed by atoms with Gasteiger partial charge < -0.3 is 10.6 Å². The highest BCUT2D eigenvalue weighted by Crippen LogP contribution is 2.35. The van der Waals surface area contributed by atoms with E-state index in [0.717, 1.165) is 32.7 Å². The van der Waals surface area contributed by atoms with Crippen LogP contribution in [-0.2, 0) is 9.59 Å². The molecule has 0 atom stereocenters. The average Bonchev–Trinajstić information content (AvgIpc) is 2.85. The van der Waals surface area contributed by atoms with E-state index in [1.165, 1.54) is 76.6 Å². The number of hydrogen-bond acceptors (Lipinski definition) is 5. The number of hydrogen-bond donors (Lipinski definition) is 2. The molecule has 2 saturated heterocycles. The minimum atomic E-state index is -0.366. The van der Waals surface area contributed by atoms with Gasteiger partial charge in [0.1, 0.15) is 5.82 Å². The second kappa shape index (κ2) is 12.1. The molecule has 2 aliphatic heterocycles. The molecule has 188 valence electrons. The van der Waals surface area contributed by atoms with Crippen molar-refractivity contribution in [2.24, 2.45) is 0 Å². The highest BCUT2D eigenvalue weighted by molar-refractivity contribution is 5.92. The van der Waals surface area contributed by atoms with Crippen LogP contribution in [0.25, 0.3) is 0 Å². The molecule has 0 unspecified atom stereocenters. The topological polar surface area (TPSA) is 67.9 Å². The van der Waals surface area contributed by atoms with Crippen LogP contribution in [0.5, 0.6) is 0 Å². The van der Waals surface area contributed by atoms with Crippen molar-refractivity contribution < 1.29 is 14.0 Å². The fourth-order valence-corrected chi connectivity index (χ4v) is 5.78. The Morgan fingerprint density at radius 1 is 0.824 bits per heavy atom. The Kier molecular flexibility index (Phi) is 8.92. The number of nitrogens with zero attached hydrogens (tertiary/aromatic N) is 3. The van der Waals surface area contributed by atoms with Gasteiger partial charge in [0.25, 0.3) is 0 Å². The van der Waals surface area contributed by atoms with E-state index in [1.54, 1.807) is 12.1 Å². The zero-order chi connectivity index (χ0) is 23.8. The number of halogens is 1. The second-order valence-electron chi connectivity index (χ2n) is 10.2. The summed E-state index contributed by atoms with van der Waals surface area (Å²) >= 11 is 0. The molecule has 7 nitrogen and oxygen atoms in total. The molecule has 0 spiro atoms. The van der Waals surface area contributed by atoms with E-state index in [4.69, 9.17) is 0 Å². The van der Waals surface area contributed by atoms with Gasteiger partial charge in [-0.2, -0.15) is 0 Å². The zero-order valence-corrected chi connectivity index (χ0v) is 20.4. The normalized spacial score (nSPS) is 22.3. The Morgan fingerprint density at radius 3 is 2.09 bits per heavy atom. The summed E-state index contributed by atoms with van der Waals surface area (Å²) in [5.74, 6) is -0.401. The number of amides is 2. The van der Waals surface area contributed by atoms with Crippen LogP contribution in [0.4, 0.5) is 10.1 Å². The molecule has 0 aromatic heterocycles. The Bertz CT molecular complexity index is 815. The third-order valence-corrected chi connectivity index (χ3v) is 7.73. The molecule has 1 saturated carbocycles. The molecule has 34 heavy (non-hydrogen) atoms. The molecule has 2 N–H and O–H groups in total. The second-order valence-corrected chi connectivity index (χ2v) is 10.2. The van der Waals surface area contributed by atoms with Gasteiger partial charge in [0.15, 0.2) is 0 Å². The summed E-state index contributed by atoms with van der Waals surface area (Å²) in [5.41, 5.74) is 0.628. The lowest BCUT2D eigenvalue weighted by molar-refractivity contribution is -0.124. The van der Waals surface area contributed by atoms with Crippen molar-refractivity contribution in [2.45, 2.75) is 56.9 Å². The number of benzene rings is 1. The molecule has 3 fully saturated rings. The summed E-state index contributed by atoms with van der Waals surface area (Å²) in [7, 11) is 0. The molecule has 3 aliphatic rings. The maximum Gasteiger partial charge on any atom is 0.238 e. The summed E-state index contributed by atoms with van der Waals surface area (Å²) in [5, 5.41) is 6.03. The number of rotatable bonds is 8. The highest BCUT2D eigenvalue weighted by atomic mass is 19.1. The van der Waals surface area contributed by atoms with Crippen LogP contribution >= 0.6 is 0 Å². The molecular weight excluding hydrogens is 433 g/mol. The summed E-state index contributed by atoms with van der Waals surface area (Å²) in [6, 6.07) is 5.93. The van der Waals surface area contributed by atoms with E-state index in [0.29, 0.717) is 12.2 Å². The van der Waals surface area contributed by atoms with Crippen molar-refractivity contribution in [1.29, 1.82) is 0 Å². The van der Waals surface area contributed by atoms with E-state index in [9.17, 15) is 14.0 Å². The van der Waals surface area contributed by atoms with Gasteiger partial charge in [0.05, 0.1) is 13.1 Å². The fourth-order valence-electron chi connectivity index (χ4n) is 5.78. The van der Waals surface area contributed by atoms with Gasteiger partial charge in [-0.25, -0.2) is 4.39 Å². The van der Waals surface area contributed by atoms with Gasteiger partial charge in [-0.15, -0.1) is 0 Å². The minimum absolute atomic E-state index is 0.110. The van der Waals surface area contributed by atoms with E-state index in [2.05, 4.69) is 25.3 Å². The minimum Gasteiger partial charge on any atom is -0.353 e. The van der Waals surface area contributed by atoms with Crippen molar-refractivity contribution in [3.8, 4) is 0 Å². The van der Waals surface area contributed by atoms with Crippen LogP contribution < -0.4 is 10.6 Å². The molecular formula is C26H40FN5O2. The van der Waals surface area contributed by atoms with Gasteiger partial charge in [-0.05, 0) is 57.0 Å². The number of piperidine rings is 1. The number of anilines is 1. The van der Waals surface area contributed by atoms with Crippen molar-refractivity contribution in [1.82, 2.24) is 20.0 Å². The van der Waals surface area contributed by atoms with Crippen molar-refractivity contribution in [3.05, 3.63) is 30.1 Å². The van der Waals surface area contributed by atoms with E-state index in [1.807, 2.05) is 0 Å². The van der Waals surface area contributed by atoms with Crippen LogP contribution in [0.15, 0.2) is 24.3 Å². The van der Waals surface area contributed by atoms with Gasteiger partial charge in [-0.3, -0.25) is 24.3 Å². The fraction of sp³-hybridized carbons (Fsp3) is 0.692. The molecule has 1 aromatic rings. The van der Waals surface area contributed by atoms with Crippen molar-refractivity contribution in [2.75, 3.05) is 64.2 Å². The standard InChI is InChI=1S/C26H40FN5O2/c27-22-8-7-9-23(18-22)29-25(34)20-31-16-14-30(15-17-31)19-24(33)28-21-26(10-3-1-4-11-26)32-12-5-2-6-13-32/h7-9,18H,1-6,10-17,19-21H2,(H,28,33)(H,29,34). The molecule has 8 heteroatoms. The van der Waals surface area contributed by atoms with E-state index < -0.39 is 0 Å². The quantitative estimate of drug-likeness (QED) is 0.608. The third-order valence-electron chi connectivity index (χ3n) is 7.73. The van der Waals surface area contributed by atoms with Crippen molar-refractivity contribution >= 4 is 17.5 Å². The van der Waals surface area contributed by atoms with Crippen molar-refractivity contribution in [3.63, 3.8) is 0 Å². The van der Waals surface area contributed by atoms with Gasteiger partial charge in [0.2, 0.25) is 11.8 Å². The van der Waals surface area contributed by atoms with Crippen LogP contribution in [0.3, 0.4) is 0 Å². The number of carbonyl (C=O) groups excluding carboxylic acids is 2. The number of piperazine rings is 1. The number of nitrogens with one attached hydrogen (secondary N) is 2. The highest BCUT2D eigenvalue weighted by Gasteiger charge is 2.38. The first-order chi connectivity index (χ1) is 16.5. The Morgan fingerprint density at radius 2 is 1.44 bits per heavy atom. The first-order valence-corrected chi connectivity index (χ1v) is 13.0. The first kappa shape index (κ1) is 25.1. The largest absolute Gasteiger partial charge is 0.353 e. The Balaban J connectivity index is 1.18. The first-order valence-electron chi connectivity index (χ1n) is 13.0. The molecule has 1 aromatic carbocycles. The van der Waals surface area contributed by atoms with Crippen LogP contribution in [-0.4, -0.2) is 91.0 Å². The summed E-state index contributed by atoms with van der Waals surface area (Å²) in [6.07, 6.45) is 10.1. The van der Waals surface area contributed by atoms with E-state index >= 15 is 0 Å². The van der Waals surface area contributed by atoms with Gasteiger partial charge in [0, 0.05) is 44.0 Å². The maximum atomic E-state index is 13.3. The lowest BCUT2D eigenvalue weighted by Gasteiger charge is -2.48. The predicted octanol–water partition coefficient (Wildman–Crippen LogP) is 2.69. The van der Waals surface area contributed by atoms with Crippen LogP contribution in [0, 0.1) is 5.82 Å². The van der Waals surface area contributed by atoms with Gasteiger partial charge in [-0.1, -0.05) is 31.7 Å². The summed E-state index contributed by atoms with van der Waals surface area (Å²) in [4.78, 5) is 32.0. The smallest absolute Gasteiger partial charge is 0.238 e. The molecule has 2 heterocycles. The molecule has 1 aliphatic carbocycles. The lowest BCUT2D eigenvalue weighted by Crippen LogP contribution is -2.59. The molecule has 0 radical (unpaired) electrons. The lowest BCUT2D eigenvalue weighted by atomic mass is 9.79.